The predicted molar refractivity (Wildman–Crippen MR) is 182 cm³/mol. The van der Waals surface area contributed by atoms with Gasteiger partial charge < -0.3 is 22.5 Å². The molecule has 0 heterocycles. The van der Waals surface area contributed by atoms with Crippen molar-refractivity contribution in [2.24, 2.45) is 11.8 Å². The van der Waals surface area contributed by atoms with E-state index in [0.717, 1.165) is 37.5 Å². The second-order valence-electron chi connectivity index (χ2n) is 12.7. The zero-order valence-electron chi connectivity index (χ0n) is 28.5. The van der Waals surface area contributed by atoms with E-state index in [2.05, 4.69) is 13.8 Å². The van der Waals surface area contributed by atoms with Crippen LogP contribution in [0, 0.1) is 11.8 Å². The van der Waals surface area contributed by atoms with Crippen molar-refractivity contribution in [3.05, 3.63) is 0 Å². The Morgan fingerprint density at radius 2 is 0.595 bits per heavy atom. The molecule has 0 aromatic rings. The first-order valence-corrected chi connectivity index (χ1v) is 17.9. The Bertz CT molecular complexity index is 511. The highest BCUT2D eigenvalue weighted by Crippen LogP contribution is 2.33. The summed E-state index contributed by atoms with van der Waals surface area (Å²) in [4.78, 5) is 21.5. The first-order valence-electron chi connectivity index (χ1n) is 17.9. The second-order valence-corrected chi connectivity index (χ2v) is 12.7. The molecule has 2 atom stereocenters. The number of carboxylic acid groups (broad SMARTS) is 2. The highest BCUT2D eigenvalue weighted by Gasteiger charge is 2.20. The Morgan fingerprint density at radius 1 is 0.381 bits per heavy atom. The van der Waals surface area contributed by atoms with Crippen molar-refractivity contribution >= 4 is 11.9 Å². The summed E-state index contributed by atoms with van der Waals surface area (Å²) < 4.78 is 0. The van der Waals surface area contributed by atoms with Gasteiger partial charge in [-0.3, -0.25) is 9.59 Å². The van der Waals surface area contributed by atoms with Gasteiger partial charge in [0.25, 0.3) is 0 Å². The molecule has 6 nitrogen and oxygen atoms in total. The van der Waals surface area contributed by atoms with E-state index in [1.807, 2.05) is 0 Å². The first-order chi connectivity index (χ1) is 19.5. The second kappa shape index (κ2) is 36.1. The molecule has 42 heavy (non-hydrogen) atoms. The molecule has 0 rings (SSSR count). The van der Waals surface area contributed by atoms with Crippen LogP contribution in [0.3, 0.4) is 0 Å². The van der Waals surface area contributed by atoms with Crippen molar-refractivity contribution in [2.45, 2.75) is 206 Å². The molecule has 0 aliphatic heterocycles. The Kier molecular flexibility index (Phi) is 38.9. The predicted octanol–water partition coefficient (Wildman–Crippen LogP) is 12.5. The van der Waals surface area contributed by atoms with Gasteiger partial charge >= 0.3 is 11.9 Å². The number of unbranched alkanes of at least 4 members (excludes halogenated alkanes) is 20. The van der Waals surface area contributed by atoms with E-state index in [9.17, 15) is 9.59 Å². The van der Waals surface area contributed by atoms with E-state index in [-0.39, 0.29) is 12.3 Å². The Labute approximate surface area is 262 Å². The summed E-state index contributed by atoms with van der Waals surface area (Å²) in [6.07, 6.45) is 36.8. The summed E-state index contributed by atoms with van der Waals surface area (Å²) in [5.41, 5.74) is 0. The van der Waals surface area contributed by atoms with Crippen LogP contribution in [0.2, 0.25) is 0 Å². The van der Waals surface area contributed by atoms with Gasteiger partial charge in [0.15, 0.2) is 0 Å². The molecule has 6 heteroatoms. The molecular weight excluding hydrogens is 524 g/mol. The van der Waals surface area contributed by atoms with E-state index >= 15 is 0 Å². The minimum absolute atomic E-state index is 0. The van der Waals surface area contributed by atoms with Crippen LogP contribution < -0.4 is 12.3 Å². The molecular formula is C36H76N2O4. The summed E-state index contributed by atoms with van der Waals surface area (Å²) in [6.45, 7) is 4.59. The van der Waals surface area contributed by atoms with Crippen molar-refractivity contribution in [3.63, 3.8) is 0 Å². The van der Waals surface area contributed by atoms with E-state index < -0.39 is 11.9 Å². The molecule has 254 valence electrons. The van der Waals surface area contributed by atoms with Gasteiger partial charge in [0.2, 0.25) is 0 Å². The third-order valence-corrected chi connectivity index (χ3v) is 8.95. The van der Waals surface area contributed by atoms with Crippen LogP contribution in [0.25, 0.3) is 0 Å². The van der Waals surface area contributed by atoms with Gasteiger partial charge in [-0.1, -0.05) is 181 Å². The van der Waals surface area contributed by atoms with E-state index in [4.69, 9.17) is 10.2 Å². The average molecular weight is 601 g/mol. The maximum Gasteiger partial charge on any atom is 0.303 e. The molecule has 0 radical (unpaired) electrons. The summed E-state index contributed by atoms with van der Waals surface area (Å²) >= 11 is 0. The van der Waals surface area contributed by atoms with Crippen molar-refractivity contribution in [3.8, 4) is 0 Å². The third kappa shape index (κ3) is 33.4. The zero-order chi connectivity index (χ0) is 29.5. The molecule has 0 aliphatic carbocycles. The van der Waals surface area contributed by atoms with Crippen LogP contribution in [0.1, 0.15) is 206 Å². The van der Waals surface area contributed by atoms with Crippen molar-refractivity contribution in [1.29, 1.82) is 0 Å². The number of carbonyl (C=O) groups is 2. The average Bonchev–Trinajstić information content (AvgIpc) is 2.92. The topological polar surface area (TPSA) is 145 Å². The lowest BCUT2D eigenvalue weighted by Crippen LogP contribution is -2.16. The summed E-state index contributed by atoms with van der Waals surface area (Å²) in [5.74, 6) is 0.438. The molecule has 0 aromatic carbocycles. The molecule has 8 N–H and O–H groups in total. The largest absolute Gasteiger partial charge is 0.481 e. The molecule has 0 saturated heterocycles. The van der Waals surface area contributed by atoms with Gasteiger partial charge in [-0.25, -0.2) is 0 Å². The minimum Gasteiger partial charge on any atom is -0.481 e. The molecule has 0 saturated carbocycles. The quantitative estimate of drug-likeness (QED) is 0.0551. The van der Waals surface area contributed by atoms with Crippen molar-refractivity contribution in [1.82, 2.24) is 12.3 Å². The van der Waals surface area contributed by atoms with Crippen molar-refractivity contribution < 1.29 is 19.8 Å². The SMILES string of the molecule is CCCCCCCCC(CCCCCCCCC(=O)O)C(CCCCCCCC)CCCCCCCCC(=O)O.N.N. The third-order valence-electron chi connectivity index (χ3n) is 8.95. The smallest absolute Gasteiger partial charge is 0.303 e. The Hall–Kier alpha value is -1.14. The first kappa shape index (κ1) is 45.3. The Morgan fingerprint density at radius 3 is 0.833 bits per heavy atom. The van der Waals surface area contributed by atoms with Crippen LogP contribution in [0.5, 0.6) is 0 Å². The van der Waals surface area contributed by atoms with E-state index in [0.29, 0.717) is 12.8 Å². The number of rotatable bonds is 33. The van der Waals surface area contributed by atoms with Gasteiger partial charge in [0.05, 0.1) is 0 Å². The lowest BCUT2D eigenvalue weighted by atomic mass is 9.78. The molecule has 0 spiro atoms. The summed E-state index contributed by atoms with van der Waals surface area (Å²) in [6, 6.07) is 0. The van der Waals surface area contributed by atoms with E-state index in [1.54, 1.807) is 0 Å². The molecule has 0 fully saturated rings. The standard InChI is InChI=1S/C36H70O4.2H3N/c1-3-5-7-9-15-21-27-33(29-23-17-11-13-19-25-31-35(37)38)34(28-22-16-10-8-6-4-2)30-24-18-12-14-20-26-32-36(39)40;;/h33-34H,3-32H2,1-2H3,(H,37,38)(H,39,40);2*1H3. The monoisotopic (exact) mass is 601 g/mol. The fourth-order valence-electron chi connectivity index (χ4n) is 6.38. The highest BCUT2D eigenvalue weighted by atomic mass is 16.4. The maximum atomic E-state index is 10.7. The minimum atomic E-state index is -0.660. The van der Waals surface area contributed by atoms with Gasteiger partial charge in [-0.05, 0) is 24.7 Å². The van der Waals surface area contributed by atoms with Crippen LogP contribution in [0.15, 0.2) is 0 Å². The molecule has 0 amide bonds. The normalized spacial score (nSPS) is 12.3. The van der Waals surface area contributed by atoms with E-state index in [1.165, 1.54) is 154 Å². The summed E-state index contributed by atoms with van der Waals surface area (Å²) in [7, 11) is 0. The maximum absolute atomic E-state index is 10.7. The van der Waals surface area contributed by atoms with Gasteiger partial charge in [0, 0.05) is 12.8 Å². The number of hydrogen-bond acceptors (Lipinski definition) is 4. The van der Waals surface area contributed by atoms with Crippen molar-refractivity contribution in [2.75, 3.05) is 0 Å². The van der Waals surface area contributed by atoms with Gasteiger partial charge in [-0.15, -0.1) is 0 Å². The lowest BCUT2D eigenvalue weighted by molar-refractivity contribution is -0.138. The number of hydrogen-bond donors (Lipinski definition) is 4. The number of aliphatic carboxylic acids is 2. The van der Waals surface area contributed by atoms with Gasteiger partial charge in [0.1, 0.15) is 0 Å². The summed E-state index contributed by atoms with van der Waals surface area (Å²) in [5, 5.41) is 17.7. The zero-order valence-corrected chi connectivity index (χ0v) is 28.5. The van der Waals surface area contributed by atoms with Gasteiger partial charge in [-0.2, -0.15) is 0 Å². The molecule has 0 aromatic heterocycles. The van der Waals surface area contributed by atoms with Crippen LogP contribution in [-0.4, -0.2) is 22.2 Å². The fraction of sp³-hybridized carbons (Fsp3) is 0.944. The van der Waals surface area contributed by atoms with Crippen LogP contribution >= 0.6 is 0 Å². The molecule has 2 unspecified atom stereocenters. The Balaban J connectivity index is -0.00000760. The highest BCUT2D eigenvalue weighted by molar-refractivity contribution is 5.66. The molecule has 0 aliphatic rings. The van der Waals surface area contributed by atoms with Crippen LogP contribution in [-0.2, 0) is 9.59 Å². The lowest BCUT2D eigenvalue weighted by Gasteiger charge is -2.28. The fourth-order valence-corrected chi connectivity index (χ4v) is 6.38. The number of carboxylic acids is 2. The molecule has 0 bridgehead atoms. The van der Waals surface area contributed by atoms with Crippen LogP contribution in [0.4, 0.5) is 0 Å².